The van der Waals surface area contributed by atoms with Gasteiger partial charge in [0, 0.05) is 24.4 Å². The minimum atomic E-state index is 0.359. The summed E-state index contributed by atoms with van der Waals surface area (Å²) in [6, 6.07) is 0.359. The zero-order valence-electron chi connectivity index (χ0n) is 9.79. The molecular formula is C11H18N4O. The topological polar surface area (TPSA) is 73.1 Å². The second kappa shape index (κ2) is 4.76. The van der Waals surface area contributed by atoms with Gasteiger partial charge in [-0.05, 0) is 14.0 Å². The lowest BCUT2D eigenvalue weighted by Crippen LogP contribution is -2.26. The van der Waals surface area contributed by atoms with E-state index < -0.39 is 0 Å². The molecule has 1 aliphatic heterocycles. The Morgan fingerprint density at radius 2 is 2.31 bits per heavy atom. The molecule has 0 saturated carbocycles. The van der Waals surface area contributed by atoms with Crippen molar-refractivity contribution in [3.8, 4) is 0 Å². The van der Waals surface area contributed by atoms with Gasteiger partial charge in [0.1, 0.15) is 11.6 Å². The molecule has 5 heteroatoms. The van der Waals surface area contributed by atoms with Crippen LogP contribution in [0.3, 0.4) is 0 Å². The van der Waals surface area contributed by atoms with Crippen LogP contribution in [-0.4, -0.2) is 29.7 Å². The number of ether oxygens (including phenoxy) is 1. The summed E-state index contributed by atoms with van der Waals surface area (Å²) in [4.78, 5) is 8.87. The Hall–Kier alpha value is -1.20. The highest BCUT2D eigenvalue weighted by Crippen LogP contribution is 2.20. The smallest absolute Gasteiger partial charge is 0.132 e. The predicted octanol–water partition coefficient (Wildman–Crippen LogP) is 0.282. The van der Waals surface area contributed by atoms with E-state index >= 15 is 0 Å². The van der Waals surface area contributed by atoms with Crippen LogP contribution in [0.4, 0.5) is 5.82 Å². The maximum Gasteiger partial charge on any atom is 0.132 e. The Morgan fingerprint density at radius 3 is 3.06 bits per heavy atom. The van der Waals surface area contributed by atoms with E-state index in [9.17, 15) is 0 Å². The predicted molar refractivity (Wildman–Crippen MR) is 62.0 cm³/mol. The molecule has 0 spiro atoms. The molecule has 0 amide bonds. The van der Waals surface area contributed by atoms with Crippen LogP contribution in [0.25, 0.3) is 0 Å². The fourth-order valence-electron chi connectivity index (χ4n) is 1.78. The second-order valence-corrected chi connectivity index (χ2v) is 4.15. The van der Waals surface area contributed by atoms with E-state index in [-0.39, 0.29) is 0 Å². The number of nitrogens with zero attached hydrogens (tertiary/aromatic N) is 2. The molecule has 3 N–H and O–H groups in total. The highest BCUT2D eigenvalue weighted by molar-refractivity contribution is 5.42. The van der Waals surface area contributed by atoms with Crippen LogP contribution in [0.15, 0.2) is 0 Å². The third kappa shape index (κ3) is 2.31. The second-order valence-electron chi connectivity index (χ2n) is 4.15. The summed E-state index contributed by atoms with van der Waals surface area (Å²) in [5.74, 6) is 1.39. The van der Waals surface area contributed by atoms with Crippen molar-refractivity contribution < 1.29 is 4.74 Å². The summed E-state index contributed by atoms with van der Waals surface area (Å²) in [7, 11) is 1.93. The summed E-state index contributed by atoms with van der Waals surface area (Å²) in [6.45, 7) is 3.37. The third-order valence-electron chi connectivity index (χ3n) is 2.88. The van der Waals surface area contributed by atoms with Gasteiger partial charge < -0.3 is 15.8 Å². The molecule has 5 nitrogen and oxygen atoms in total. The van der Waals surface area contributed by atoms with Crippen molar-refractivity contribution in [2.75, 3.05) is 19.4 Å². The van der Waals surface area contributed by atoms with E-state index in [1.807, 2.05) is 7.05 Å². The molecular weight excluding hydrogens is 204 g/mol. The van der Waals surface area contributed by atoms with E-state index in [0.29, 0.717) is 18.5 Å². The van der Waals surface area contributed by atoms with Crippen molar-refractivity contribution >= 4 is 5.82 Å². The molecule has 0 fully saturated rings. The van der Waals surface area contributed by atoms with Gasteiger partial charge in [0.2, 0.25) is 0 Å². The van der Waals surface area contributed by atoms with Crippen molar-refractivity contribution in [1.82, 2.24) is 15.3 Å². The van der Waals surface area contributed by atoms with Gasteiger partial charge in [-0.25, -0.2) is 9.97 Å². The van der Waals surface area contributed by atoms with Crippen LogP contribution in [0, 0.1) is 0 Å². The molecule has 1 aliphatic rings. The first-order valence-corrected chi connectivity index (χ1v) is 5.60. The van der Waals surface area contributed by atoms with E-state index in [2.05, 4.69) is 22.2 Å². The molecule has 2 rings (SSSR count). The highest BCUT2D eigenvalue weighted by Gasteiger charge is 2.17. The Balaban J connectivity index is 2.24. The fourth-order valence-corrected chi connectivity index (χ4v) is 1.78. The maximum absolute atomic E-state index is 5.91. The lowest BCUT2D eigenvalue weighted by atomic mass is 10.1. The van der Waals surface area contributed by atoms with E-state index in [1.54, 1.807) is 0 Å². The molecule has 0 radical (unpaired) electrons. The number of likely N-dealkylation sites (N-methyl/N-ethyl adjacent to an activating group) is 1. The molecule has 16 heavy (non-hydrogen) atoms. The fraction of sp³-hybridized carbons (Fsp3) is 0.636. The average molecular weight is 222 g/mol. The van der Waals surface area contributed by atoms with Gasteiger partial charge in [-0.3, -0.25) is 0 Å². The van der Waals surface area contributed by atoms with Gasteiger partial charge in [-0.15, -0.1) is 0 Å². The molecule has 1 aromatic rings. The Labute approximate surface area is 95.4 Å². The summed E-state index contributed by atoms with van der Waals surface area (Å²) in [5.41, 5.74) is 7.93. The Kier molecular flexibility index (Phi) is 3.36. The van der Waals surface area contributed by atoms with Gasteiger partial charge in [-0.2, -0.15) is 0 Å². The number of rotatable bonds is 3. The van der Waals surface area contributed by atoms with Crippen LogP contribution in [-0.2, 0) is 24.2 Å². The summed E-state index contributed by atoms with van der Waals surface area (Å²) < 4.78 is 5.35. The van der Waals surface area contributed by atoms with Crippen molar-refractivity contribution in [2.45, 2.75) is 32.4 Å². The normalized spacial score (nSPS) is 16.9. The zero-order valence-corrected chi connectivity index (χ0v) is 9.79. The van der Waals surface area contributed by atoms with Crippen LogP contribution in [0.1, 0.15) is 24.0 Å². The number of nitrogens with one attached hydrogen (secondary N) is 1. The summed E-state index contributed by atoms with van der Waals surface area (Å²) in [5, 5.41) is 3.17. The summed E-state index contributed by atoms with van der Waals surface area (Å²) >= 11 is 0. The van der Waals surface area contributed by atoms with Gasteiger partial charge in [0.15, 0.2) is 0 Å². The van der Waals surface area contributed by atoms with Gasteiger partial charge >= 0.3 is 0 Å². The zero-order chi connectivity index (χ0) is 11.5. The molecule has 0 aromatic carbocycles. The highest BCUT2D eigenvalue weighted by atomic mass is 16.5. The summed E-state index contributed by atoms with van der Waals surface area (Å²) in [6.07, 6.45) is 1.64. The Bertz CT molecular complexity index is 380. The number of hydrogen-bond acceptors (Lipinski definition) is 5. The van der Waals surface area contributed by atoms with E-state index in [0.717, 1.165) is 36.5 Å². The van der Waals surface area contributed by atoms with Crippen LogP contribution >= 0.6 is 0 Å². The van der Waals surface area contributed by atoms with Gasteiger partial charge in [-0.1, -0.05) is 0 Å². The molecule has 88 valence electrons. The largest absolute Gasteiger partial charge is 0.383 e. The first-order chi connectivity index (χ1) is 7.70. The van der Waals surface area contributed by atoms with Crippen molar-refractivity contribution in [3.63, 3.8) is 0 Å². The third-order valence-corrected chi connectivity index (χ3v) is 2.88. The number of aromatic nitrogens is 2. The molecule has 2 heterocycles. The van der Waals surface area contributed by atoms with Crippen LogP contribution < -0.4 is 11.1 Å². The SMILES string of the molecule is CNC(C)Cc1nc(N)c2c(n1)CCOC2. The number of nitrogen functional groups attached to an aromatic ring is 1. The molecule has 1 unspecified atom stereocenters. The van der Waals surface area contributed by atoms with Gasteiger partial charge in [0.05, 0.1) is 18.9 Å². The Morgan fingerprint density at radius 1 is 1.50 bits per heavy atom. The van der Waals surface area contributed by atoms with Crippen molar-refractivity contribution in [3.05, 3.63) is 17.1 Å². The number of fused-ring (bicyclic) bond motifs is 1. The number of nitrogens with two attached hydrogens (primary N) is 1. The maximum atomic E-state index is 5.91. The molecule has 0 saturated heterocycles. The molecule has 0 aliphatic carbocycles. The minimum Gasteiger partial charge on any atom is -0.383 e. The minimum absolute atomic E-state index is 0.359. The number of hydrogen-bond donors (Lipinski definition) is 2. The monoisotopic (exact) mass is 222 g/mol. The first kappa shape index (κ1) is 11.3. The van der Waals surface area contributed by atoms with E-state index in [1.165, 1.54) is 0 Å². The molecule has 1 atom stereocenters. The van der Waals surface area contributed by atoms with Crippen LogP contribution in [0.2, 0.25) is 0 Å². The molecule has 1 aromatic heterocycles. The average Bonchev–Trinajstić information content (AvgIpc) is 2.29. The molecule has 0 bridgehead atoms. The van der Waals surface area contributed by atoms with E-state index in [4.69, 9.17) is 10.5 Å². The lowest BCUT2D eigenvalue weighted by molar-refractivity contribution is 0.109. The van der Waals surface area contributed by atoms with Crippen LogP contribution in [0.5, 0.6) is 0 Å². The lowest BCUT2D eigenvalue weighted by Gasteiger charge is -2.18. The van der Waals surface area contributed by atoms with Gasteiger partial charge in [0.25, 0.3) is 0 Å². The van der Waals surface area contributed by atoms with Crippen molar-refractivity contribution in [1.29, 1.82) is 0 Å². The standard InChI is InChI=1S/C11H18N4O/c1-7(13-2)5-10-14-9-3-4-16-6-8(9)11(12)15-10/h7,13H,3-6H2,1-2H3,(H2,12,14,15). The van der Waals surface area contributed by atoms with Crippen molar-refractivity contribution in [2.24, 2.45) is 0 Å². The first-order valence-electron chi connectivity index (χ1n) is 5.60. The number of anilines is 1. The quantitative estimate of drug-likeness (QED) is 0.768.